The van der Waals surface area contributed by atoms with Crippen LogP contribution in [0.3, 0.4) is 0 Å². The molecule has 0 N–H and O–H groups in total. The van der Waals surface area contributed by atoms with Gasteiger partial charge in [0.15, 0.2) is 0 Å². The SMILES string of the molecule is CCn1cccc1[C]1C=Cc2ccccc21. The number of hydrogen-bond donors (Lipinski definition) is 0. The van der Waals surface area contributed by atoms with Crippen LogP contribution in [0.5, 0.6) is 0 Å². The lowest BCUT2D eigenvalue weighted by atomic mass is 9.97. The predicted molar refractivity (Wildman–Crippen MR) is 67.0 cm³/mol. The lowest BCUT2D eigenvalue weighted by molar-refractivity contribution is 0.742. The van der Waals surface area contributed by atoms with Crippen molar-refractivity contribution >= 4 is 6.08 Å². The molecular formula is C15H14N. The van der Waals surface area contributed by atoms with Crippen LogP contribution in [-0.4, -0.2) is 4.57 Å². The summed E-state index contributed by atoms with van der Waals surface area (Å²) in [6.45, 7) is 3.19. The second kappa shape index (κ2) is 3.67. The van der Waals surface area contributed by atoms with Crippen LogP contribution in [0, 0.1) is 5.92 Å². The predicted octanol–water partition coefficient (Wildman–Crippen LogP) is 3.51. The zero-order chi connectivity index (χ0) is 11.0. The van der Waals surface area contributed by atoms with Gasteiger partial charge in [0, 0.05) is 18.4 Å². The summed E-state index contributed by atoms with van der Waals surface area (Å²) in [6, 6.07) is 12.8. The van der Waals surface area contributed by atoms with E-state index in [1.165, 1.54) is 22.7 Å². The molecule has 3 rings (SSSR count). The van der Waals surface area contributed by atoms with Gasteiger partial charge in [-0.25, -0.2) is 0 Å². The van der Waals surface area contributed by atoms with Crippen molar-refractivity contribution < 1.29 is 0 Å². The summed E-state index contributed by atoms with van der Waals surface area (Å²) in [7, 11) is 0. The normalized spacial score (nSPS) is 14.3. The molecule has 79 valence electrons. The average Bonchev–Trinajstić information content (AvgIpc) is 2.94. The number of aryl methyl sites for hydroxylation is 1. The molecule has 0 amide bonds. The van der Waals surface area contributed by atoms with Gasteiger partial charge >= 0.3 is 0 Å². The molecule has 0 atom stereocenters. The van der Waals surface area contributed by atoms with Gasteiger partial charge in [0.2, 0.25) is 0 Å². The summed E-state index contributed by atoms with van der Waals surface area (Å²) in [5.41, 5.74) is 3.97. The Hall–Kier alpha value is -1.76. The minimum Gasteiger partial charge on any atom is -0.351 e. The largest absolute Gasteiger partial charge is 0.351 e. The number of hydrogen-bond acceptors (Lipinski definition) is 0. The molecule has 1 aliphatic rings. The molecule has 1 heteroatoms. The van der Waals surface area contributed by atoms with E-state index in [0.717, 1.165) is 6.54 Å². The first-order valence-electron chi connectivity index (χ1n) is 5.70. The first-order valence-corrected chi connectivity index (χ1v) is 5.70. The fraction of sp³-hybridized carbons (Fsp3) is 0.133. The number of aromatic nitrogens is 1. The minimum absolute atomic E-state index is 1.02. The van der Waals surface area contributed by atoms with E-state index in [9.17, 15) is 0 Å². The fourth-order valence-corrected chi connectivity index (χ4v) is 2.31. The maximum Gasteiger partial charge on any atom is 0.0730 e. The molecule has 0 spiro atoms. The lowest BCUT2D eigenvalue weighted by Gasteiger charge is -2.13. The third-order valence-corrected chi connectivity index (χ3v) is 3.13. The zero-order valence-electron chi connectivity index (χ0n) is 9.35. The summed E-state index contributed by atoms with van der Waals surface area (Å²) < 4.78 is 2.28. The number of fused-ring (bicyclic) bond motifs is 1. The third kappa shape index (κ3) is 1.32. The summed E-state index contributed by atoms with van der Waals surface area (Å²) in [5.74, 6) is 1.34. The van der Waals surface area contributed by atoms with Crippen molar-refractivity contribution in [2.75, 3.05) is 0 Å². The van der Waals surface area contributed by atoms with Crippen LogP contribution in [0.2, 0.25) is 0 Å². The molecule has 0 unspecified atom stereocenters. The molecule has 2 aromatic rings. The van der Waals surface area contributed by atoms with Crippen molar-refractivity contribution in [3.63, 3.8) is 0 Å². The van der Waals surface area contributed by atoms with E-state index in [1.54, 1.807) is 0 Å². The molecule has 1 nitrogen and oxygen atoms in total. The highest BCUT2D eigenvalue weighted by molar-refractivity contribution is 5.72. The molecule has 0 saturated carbocycles. The number of rotatable bonds is 2. The summed E-state index contributed by atoms with van der Waals surface area (Å²) in [6.07, 6.45) is 6.54. The Labute approximate surface area is 96.0 Å². The lowest BCUT2D eigenvalue weighted by Crippen LogP contribution is -2.05. The zero-order valence-corrected chi connectivity index (χ0v) is 9.35. The van der Waals surface area contributed by atoms with E-state index >= 15 is 0 Å². The summed E-state index contributed by atoms with van der Waals surface area (Å²) in [4.78, 5) is 0. The van der Waals surface area contributed by atoms with Crippen molar-refractivity contribution in [1.29, 1.82) is 0 Å². The number of benzene rings is 1. The van der Waals surface area contributed by atoms with Gasteiger partial charge < -0.3 is 4.57 Å². The third-order valence-electron chi connectivity index (χ3n) is 3.13. The van der Waals surface area contributed by atoms with E-state index in [4.69, 9.17) is 0 Å². The van der Waals surface area contributed by atoms with Gasteiger partial charge in [0.25, 0.3) is 0 Å². The average molecular weight is 208 g/mol. The van der Waals surface area contributed by atoms with E-state index < -0.39 is 0 Å². The Morgan fingerprint density at radius 3 is 2.75 bits per heavy atom. The van der Waals surface area contributed by atoms with Crippen LogP contribution < -0.4 is 0 Å². The maximum atomic E-state index is 2.28. The van der Waals surface area contributed by atoms with Crippen LogP contribution in [0.25, 0.3) is 6.08 Å². The van der Waals surface area contributed by atoms with Crippen LogP contribution >= 0.6 is 0 Å². The molecule has 16 heavy (non-hydrogen) atoms. The van der Waals surface area contributed by atoms with E-state index in [2.05, 4.69) is 66.2 Å². The van der Waals surface area contributed by atoms with Gasteiger partial charge in [-0.1, -0.05) is 36.4 Å². The molecule has 1 aromatic heterocycles. The molecule has 0 saturated heterocycles. The van der Waals surface area contributed by atoms with Gasteiger partial charge in [-0.05, 0) is 30.2 Å². The molecule has 0 fully saturated rings. The van der Waals surface area contributed by atoms with Gasteiger partial charge in [0.05, 0.1) is 5.92 Å². The molecule has 0 aliphatic heterocycles. The Morgan fingerprint density at radius 1 is 1.00 bits per heavy atom. The Morgan fingerprint density at radius 2 is 1.88 bits per heavy atom. The number of allylic oxidation sites excluding steroid dienone is 1. The first-order chi connectivity index (χ1) is 7.90. The Kier molecular flexibility index (Phi) is 2.17. The van der Waals surface area contributed by atoms with Gasteiger partial charge in [-0.3, -0.25) is 0 Å². The van der Waals surface area contributed by atoms with Gasteiger partial charge in [-0.2, -0.15) is 0 Å². The van der Waals surface area contributed by atoms with Crippen molar-refractivity contribution in [3.8, 4) is 0 Å². The van der Waals surface area contributed by atoms with E-state index in [-0.39, 0.29) is 0 Å². The Bertz CT molecular complexity index is 534. The molecule has 1 heterocycles. The van der Waals surface area contributed by atoms with Crippen LogP contribution in [-0.2, 0) is 6.54 Å². The van der Waals surface area contributed by atoms with Gasteiger partial charge in [0.1, 0.15) is 0 Å². The standard InChI is InChI=1S/C15H14N/c1-2-16-11-5-8-15(16)14-10-9-12-6-3-4-7-13(12)14/h3-11H,2H2,1H3. The van der Waals surface area contributed by atoms with Crippen molar-refractivity contribution in [2.45, 2.75) is 13.5 Å². The van der Waals surface area contributed by atoms with Crippen molar-refractivity contribution in [2.24, 2.45) is 0 Å². The molecule has 1 aromatic carbocycles. The van der Waals surface area contributed by atoms with Gasteiger partial charge in [-0.15, -0.1) is 0 Å². The van der Waals surface area contributed by atoms with E-state index in [1.807, 2.05) is 0 Å². The summed E-state index contributed by atoms with van der Waals surface area (Å²) >= 11 is 0. The highest BCUT2D eigenvalue weighted by Gasteiger charge is 2.21. The highest BCUT2D eigenvalue weighted by Crippen LogP contribution is 2.34. The molecule has 0 bridgehead atoms. The molecular weight excluding hydrogens is 194 g/mol. The molecule has 1 radical (unpaired) electrons. The quantitative estimate of drug-likeness (QED) is 0.711. The monoisotopic (exact) mass is 208 g/mol. The fourth-order valence-electron chi connectivity index (χ4n) is 2.31. The van der Waals surface area contributed by atoms with Crippen molar-refractivity contribution in [3.05, 3.63) is 71.4 Å². The first kappa shape index (κ1) is 9.46. The number of nitrogens with zero attached hydrogens (tertiary/aromatic N) is 1. The van der Waals surface area contributed by atoms with Crippen LogP contribution in [0.4, 0.5) is 0 Å². The summed E-state index contributed by atoms with van der Waals surface area (Å²) in [5, 5.41) is 0. The second-order valence-electron chi connectivity index (χ2n) is 4.01. The van der Waals surface area contributed by atoms with Crippen LogP contribution in [0.1, 0.15) is 23.7 Å². The second-order valence-corrected chi connectivity index (χ2v) is 4.01. The van der Waals surface area contributed by atoms with Crippen LogP contribution in [0.15, 0.2) is 48.7 Å². The smallest absolute Gasteiger partial charge is 0.0730 e. The topological polar surface area (TPSA) is 4.93 Å². The minimum atomic E-state index is 1.02. The highest BCUT2D eigenvalue weighted by atomic mass is 15.0. The van der Waals surface area contributed by atoms with E-state index in [0.29, 0.717) is 0 Å². The molecule has 1 aliphatic carbocycles. The Balaban J connectivity index is 2.08. The maximum absolute atomic E-state index is 2.28. The van der Waals surface area contributed by atoms with Crippen molar-refractivity contribution in [1.82, 2.24) is 4.57 Å².